The summed E-state index contributed by atoms with van der Waals surface area (Å²) in [5.74, 6) is -1.77. The van der Waals surface area contributed by atoms with Crippen LogP contribution >= 0.6 is 7.60 Å². The fourth-order valence-corrected chi connectivity index (χ4v) is 5.78. The third-order valence-corrected chi connectivity index (χ3v) is 7.25. The zero-order chi connectivity index (χ0) is 17.7. The highest BCUT2D eigenvalue weighted by molar-refractivity contribution is 7.54. The van der Waals surface area contributed by atoms with E-state index in [-0.39, 0.29) is 12.2 Å². The number of rotatable bonds is 6. The Labute approximate surface area is 149 Å². The predicted molar refractivity (Wildman–Crippen MR) is 94.9 cm³/mol. The van der Waals surface area contributed by atoms with Crippen LogP contribution in [0.4, 0.5) is 4.39 Å². The molecule has 140 valence electrons. The molecule has 0 amide bonds. The SMILES string of the molecule is O=P(OC1CCCCC1)(OC1CCCCC1)[C@H](O)c1ccc(F)cc1. The predicted octanol–water partition coefficient (Wildman–Crippen LogP) is 5.71. The standard InChI is InChI=1S/C19H28FO4P/c20-16-13-11-15(12-14-16)19(21)25(22,23-17-7-3-1-4-8-17)24-18-9-5-2-6-10-18/h11-14,17-19,21H,1-10H2/t19-/m0/s1. The summed E-state index contributed by atoms with van der Waals surface area (Å²) < 4.78 is 38.6. The molecule has 4 nitrogen and oxygen atoms in total. The Hall–Kier alpha value is -0.740. The van der Waals surface area contributed by atoms with Crippen molar-refractivity contribution in [2.45, 2.75) is 82.3 Å². The fraction of sp³-hybridized carbons (Fsp3) is 0.684. The maximum atomic E-state index is 13.5. The summed E-state index contributed by atoms with van der Waals surface area (Å²) in [4.78, 5) is 0. The maximum Gasteiger partial charge on any atom is 0.363 e. The van der Waals surface area contributed by atoms with E-state index in [0.717, 1.165) is 64.2 Å². The molecule has 1 aromatic carbocycles. The molecule has 1 N–H and O–H groups in total. The van der Waals surface area contributed by atoms with Gasteiger partial charge in [0.25, 0.3) is 0 Å². The van der Waals surface area contributed by atoms with Crippen molar-refractivity contribution in [1.29, 1.82) is 0 Å². The van der Waals surface area contributed by atoms with Crippen LogP contribution in [0.15, 0.2) is 24.3 Å². The molecular weight excluding hydrogens is 342 g/mol. The first kappa shape index (κ1) is 19.0. The van der Waals surface area contributed by atoms with Gasteiger partial charge in [-0.05, 0) is 43.4 Å². The molecule has 25 heavy (non-hydrogen) atoms. The lowest BCUT2D eigenvalue weighted by molar-refractivity contribution is 0.0544. The number of hydrogen-bond acceptors (Lipinski definition) is 4. The van der Waals surface area contributed by atoms with Crippen molar-refractivity contribution in [2.75, 3.05) is 0 Å². The van der Waals surface area contributed by atoms with Gasteiger partial charge in [0.15, 0.2) is 5.85 Å². The minimum atomic E-state index is -3.75. The minimum absolute atomic E-state index is 0.140. The van der Waals surface area contributed by atoms with Crippen LogP contribution in [-0.2, 0) is 13.6 Å². The topological polar surface area (TPSA) is 55.8 Å². The average Bonchev–Trinajstić information content (AvgIpc) is 2.63. The summed E-state index contributed by atoms with van der Waals surface area (Å²) >= 11 is 0. The summed E-state index contributed by atoms with van der Waals surface area (Å²) in [7, 11) is -3.75. The number of aliphatic hydroxyl groups excluding tert-OH is 1. The molecule has 2 saturated carbocycles. The van der Waals surface area contributed by atoms with E-state index in [1.54, 1.807) is 0 Å². The van der Waals surface area contributed by atoms with Crippen LogP contribution in [0, 0.1) is 5.82 Å². The fourth-order valence-electron chi connectivity index (χ4n) is 3.71. The number of hydrogen-bond donors (Lipinski definition) is 1. The Balaban J connectivity index is 1.78. The Kier molecular flexibility index (Phi) is 6.67. The maximum absolute atomic E-state index is 13.5. The Morgan fingerprint density at radius 3 is 1.76 bits per heavy atom. The van der Waals surface area contributed by atoms with Crippen molar-refractivity contribution < 1.29 is 23.1 Å². The zero-order valence-electron chi connectivity index (χ0n) is 14.6. The van der Waals surface area contributed by atoms with Crippen LogP contribution in [0.5, 0.6) is 0 Å². The molecule has 0 aromatic heterocycles. The lowest BCUT2D eigenvalue weighted by Gasteiger charge is -2.33. The van der Waals surface area contributed by atoms with E-state index in [2.05, 4.69) is 0 Å². The molecule has 0 aliphatic heterocycles. The summed E-state index contributed by atoms with van der Waals surface area (Å²) in [5.41, 5.74) is 0.372. The quantitative estimate of drug-likeness (QED) is 0.652. The van der Waals surface area contributed by atoms with Gasteiger partial charge in [0.05, 0.1) is 12.2 Å². The Morgan fingerprint density at radius 1 is 0.880 bits per heavy atom. The highest BCUT2D eigenvalue weighted by Crippen LogP contribution is 2.62. The van der Waals surface area contributed by atoms with Crippen LogP contribution in [-0.4, -0.2) is 17.3 Å². The second kappa shape index (κ2) is 8.77. The molecule has 0 radical (unpaired) electrons. The Bertz CT molecular complexity index is 556. The normalized spacial score (nSPS) is 22.0. The van der Waals surface area contributed by atoms with Crippen LogP contribution in [0.25, 0.3) is 0 Å². The molecule has 0 spiro atoms. The summed E-state index contributed by atoms with van der Waals surface area (Å²) in [6.45, 7) is 0. The molecule has 2 aliphatic carbocycles. The third kappa shape index (κ3) is 5.13. The van der Waals surface area contributed by atoms with Gasteiger partial charge in [-0.25, -0.2) is 4.39 Å². The van der Waals surface area contributed by atoms with E-state index in [9.17, 15) is 14.1 Å². The highest BCUT2D eigenvalue weighted by Gasteiger charge is 2.41. The van der Waals surface area contributed by atoms with E-state index in [1.807, 2.05) is 0 Å². The van der Waals surface area contributed by atoms with E-state index < -0.39 is 19.3 Å². The second-order valence-electron chi connectivity index (χ2n) is 7.20. The van der Waals surface area contributed by atoms with Crippen LogP contribution in [0.2, 0.25) is 0 Å². The van der Waals surface area contributed by atoms with E-state index in [0.29, 0.717) is 5.56 Å². The first-order chi connectivity index (χ1) is 12.1. The van der Waals surface area contributed by atoms with Crippen molar-refractivity contribution >= 4 is 7.60 Å². The highest BCUT2D eigenvalue weighted by atomic mass is 31.2. The van der Waals surface area contributed by atoms with Crippen molar-refractivity contribution in [1.82, 2.24) is 0 Å². The number of halogens is 1. The van der Waals surface area contributed by atoms with Gasteiger partial charge in [-0.3, -0.25) is 4.57 Å². The smallest absolute Gasteiger partial charge is 0.363 e. The summed E-state index contributed by atoms with van der Waals surface area (Å²) in [5, 5.41) is 10.8. The van der Waals surface area contributed by atoms with Gasteiger partial charge < -0.3 is 14.2 Å². The van der Waals surface area contributed by atoms with Gasteiger partial charge in [-0.1, -0.05) is 50.7 Å². The molecule has 0 unspecified atom stereocenters. The first-order valence-corrected chi connectivity index (χ1v) is 11.1. The second-order valence-corrected chi connectivity index (χ2v) is 9.19. The van der Waals surface area contributed by atoms with E-state index in [1.165, 1.54) is 24.3 Å². The van der Waals surface area contributed by atoms with Crippen LogP contribution in [0.3, 0.4) is 0 Å². The van der Waals surface area contributed by atoms with Crippen LogP contribution < -0.4 is 0 Å². The van der Waals surface area contributed by atoms with E-state index in [4.69, 9.17) is 9.05 Å². The van der Waals surface area contributed by atoms with Crippen molar-refractivity contribution in [3.63, 3.8) is 0 Å². The molecule has 2 aliphatic rings. The van der Waals surface area contributed by atoms with Gasteiger partial charge >= 0.3 is 7.60 Å². The number of benzene rings is 1. The zero-order valence-corrected chi connectivity index (χ0v) is 15.5. The summed E-state index contributed by atoms with van der Waals surface area (Å²) in [6, 6.07) is 5.40. The van der Waals surface area contributed by atoms with Gasteiger partial charge in [-0.15, -0.1) is 0 Å². The van der Waals surface area contributed by atoms with Gasteiger partial charge in [0.1, 0.15) is 5.82 Å². The van der Waals surface area contributed by atoms with E-state index >= 15 is 0 Å². The number of aliphatic hydroxyl groups is 1. The van der Waals surface area contributed by atoms with Crippen molar-refractivity contribution in [3.05, 3.63) is 35.6 Å². The lowest BCUT2D eigenvalue weighted by Crippen LogP contribution is -2.22. The molecule has 0 bridgehead atoms. The van der Waals surface area contributed by atoms with Crippen LogP contribution in [0.1, 0.15) is 75.6 Å². The molecule has 6 heteroatoms. The lowest BCUT2D eigenvalue weighted by atomic mass is 9.98. The Morgan fingerprint density at radius 2 is 1.32 bits per heavy atom. The molecule has 0 heterocycles. The van der Waals surface area contributed by atoms with Crippen molar-refractivity contribution in [2.24, 2.45) is 0 Å². The largest absolute Gasteiger partial charge is 0.376 e. The molecule has 2 fully saturated rings. The summed E-state index contributed by atoms with van der Waals surface area (Å²) in [6.07, 6.45) is 9.58. The van der Waals surface area contributed by atoms with Gasteiger partial charge in [0, 0.05) is 0 Å². The molecule has 3 rings (SSSR count). The van der Waals surface area contributed by atoms with Gasteiger partial charge in [-0.2, -0.15) is 0 Å². The molecule has 1 aromatic rings. The average molecular weight is 370 g/mol. The third-order valence-electron chi connectivity index (χ3n) is 5.16. The van der Waals surface area contributed by atoms with Gasteiger partial charge in [0.2, 0.25) is 0 Å². The first-order valence-electron chi connectivity index (χ1n) is 9.47. The van der Waals surface area contributed by atoms with Crippen molar-refractivity contribution in [3.8, 4) is 0 Å². The molecule has 1 atom stereocenters. The minimum Gasteiger partial charge on any atom is -0.376 e. The molecule has 0 saturated heterocycles. The monoisotopic (exact) mass is 370 g/mol. The molecular formula is C19H28FO4P.